The van der Waals surface area contributed by atoms with Crippen LogP contribution in [0.1, 0.15) is 32.1 Å². The Hall–Kier alpha value is -0.350. The molecule has 3 N–H and O–H groups in total. The Kier molecular flexibility index (Phi) is 4.32. The molecule has 0 bridgehead atoms. The maximum atomic E-state index is 5.05. The van der Waals surface area contributed by atoms with Crippen LogP contribution in [-0.4, -0.2) is 18.2 Å². The minimum absolute atomic E-state index is 0.590. The van der Waals surface area contributed by atoms with E-state index in [0.717, 1.165) is 0 Å². The summed E-state index contributed by atoms with van der Waals surface area (Å²) in [5.41, 5.74) is 5.67. The first-order valence-corrected chi connectivity index (χ1v) is 4.97. The van der Waals surface area contributed by atoms with Crippen molar-refractivity contribution >= 4 is 17.3 Å². The number of rotatable bonds is 2. The van der Waals surface area contributed by atoms with Gasteiger partial charge in [0.15, 0.2) is 5.11 Å². The normalized spacial score (nSPS) is 18.8. The fourth-order valence-electron chi connectivity index (χ4n) is 1.58. The van der Waals surface area contributed by atoms with E-state index in [9.17, 15) is 0 Å². The number of hydrogen-bond acceptors (Lipinski definition) is 2. The van der Waals surface area contributed by atoms with Crippen molar-refractivity contribution < 1.29 is 0 Å². The van der Waals surface area contributed by atoms with E-state index in [1.165, 1.54) is 32.1 Å². The predicted molar refractivity (Wildman–Crippen MR) is 54.8 cm³/mol. The van der Waals surface area contributed by atoms with Crippen LogP contribution in [0.3, 0.4) is 0 Å². The van der Waals surface area contributed by atoms with Crippen LogP contribution in [0.5, 0.6) is 0 Å². The predicted octanol–water partition coefficient (Wildman–Crippen LogP) is 0.918. The van der Waals surface area contributed by atoms with Crippen molar-refractivity contribution in [3.8, 4) is 0 Å². The fraction of sp³-hybridized carbons (Fsp3) is 0.875. The van der Waals surface area contributed by atoms with Crippen molar-refractivity contribution in [2.75, 3.05) is 7.05 Å². The van der Waals surface area contributed by atoms with E-state index in [4.69, 9.17) is 12.2 Å². The zero-order valence-electron chi connectivity index (χ0n) is 7.52. The lowest BCUT2D eigenvalue weighted by Crippen LogP contribution is -2.46. The average Bonchev–Trinajstić information content (AvgIpc) is 2.06. The van der Waals surface area contributed by atoms with Crippen molar-refractivity contribution in [3.05, 3.63) is 0 Å². The molecule has 0 heterocycles. The molecule has 0 aliphatic heterocycles. The Morgan fingerprint density at radius 1 is 1.25 bits per heavy atom. The summed E-state index contributed by atoms with van der Waals surface area (Å²) in [7, 11) is 1.81. The van der Waals surface area contributed by atoms with Gasteiger partial charge in [-0.05, 0) is 25.1 Å². The molecule has 12 heavy (non-hydrogen) atoms. The van der Waals surface area contributed by atoms with Gasteiger partial charge in [-0.15, -0.1) is 0 Å². The van der Waals surface area contributed by atoms with Crippen LogP contribution in [0, 0.1) is 0 Å². The molecule has 70 valence electrons. The number of hydrazine groups is 1. The quantitative estimate of drug-likeness (QED) is 0.444. The lowest BCUT2D eigenvalue weighted by molar-refractivity contribution is 0.411. The highest BCUT2D eigenvalue weighted by atomic mass is 32.1. The summed E-state index contributed by atoms with van der Waals surface area (Å²) < 4.78 is 0. The van der Waals surface area contributed by atoms with Crippen molar-refractivity contribution in [2.24, 2.45) is 0 Å². The first-order chi connectivity index (χ1) is 5.83. The first-order valence-electron chi connectivity index (χ1n) is 4.56. The van der Waals surface area contributed by atoms with E-state index < -0.39 is 0 Å². The van der Waals surface area contributed by atoms with E-state index in [-0.39, 0.29) is 0 Å². The third-order valence-electron chi connectivity index (χ3n) is 2.18. The summed E-state index contributed by atoms with van der Waals surface area (Å²) in [6, 6.07) is 0.590. The summed E-state index contributed by atoms with van der Waals surface area (Å²) in [5, 5.41) is 3.99. The summed E-state index contributed by atoms with van der Waals surface area (Å²) in [5.74, 6) is 0. The van der Waals surface area contributed by atoms with Gasteiger partial charge in [0.2, 0.25) is 0 Å². The minimum atomic E-state index is 0.590. The summed E-state index contributed by atoms with van der Waals surface area (Å²) in [4.78, 5) is 0. The van der Waals surface area contributed by atoms with Crippen LogP contribution < -0.4 is 16.2 Å². The molecule has 0 aromatic heterocycles. The molecule has 3 nitrogen and oxygen atoms in total. The molecular formula is C8H17N3S. The van der Waals surface area contributed by atoms with Crippen molar-refractivity contribution in [2.45, 2.75) is 38.1 Å². The molecule has 1 aliphatic carbocycles. The van der Waals surface area contributed by atoms with E-state index in [1.54, 1.807) is 0 Å². The highest BCUT2D eigenvalue weighted by Gasteiger charge is 2.13. The van der Waals surface area contributed by atoms with Crippen LogP contribution in [0.2, 0.25) is 0 Å². The van der Waals surface area contributed by atoms with Crippen molar-refractivity contribution in [1.29, 1.82) is 0 Å². The van der Waals surface area contributed by atoms with Crippen molar-refractivity contribution in [1.82, 2.24) is 16.2 Å². The van der Waals surface area contributed by atoms with Gasteiger partial charge in [0, 0.05) is 13.1 Å². The molecule has 1 aliphatic rings. The third-order valence-corrected chi connectivity index (χ3v) is 2.40. The van der Waals surface area contributed by atoms with E-state index in [0.29, 0.717) is 11.2 Å². The van der Waals surface area contributed by atoms with Gasteiger partial charge >= 0.3 is 0 Å². The van der Waals surface area contributed by atoms with Gasteiger partial charge in [0.1, 0.15) is 0 Å². The molecule has 0 amide bonds. The molecule has 0 saturated heterocycles. The maximum absolute atomic E-state index is 5.05. The zero-order chi connectivity index (χ0) is 8.81. The minimum Gasteiger partial charge on any atom is -0.359 e. The fourth-order valence-corrected chi connectivity index (χ4v) is 1.85. The maximum Gasteiger partial charge on any atom is 0.181 e. The number of nitrogens with one attached hydrogen (secondary N) is 3. The number of hydrogen-bond donors (Lipinski definition) is 3. The molecular weight excluding hydrogens is 170 g/mol. The summed E-state index contributed by atoms with van der Waals surface area (Å²) in [6.07, 6.45) is 6.56. The smallest absolute Gasteiger partial charge is 0.181 e. The molecule has 0 radical (unpaired) electrons. The second kappa shape index (κ2) is 5.32. The van der Waals surface area contributed by atoms with Gasteiger partial charge in [-0.3, -0.25) is 5.43 Å². The standard InChI is InChI=1S/C8H17N3S/c1-9-11-8(12)10-7-5-3-2-4-6-7/h7,9H,2-6H2,1H3,(H2,10,11,12). The Balaban J connectivity index is 2.15. The third kappa shape index (κ3) is 3.36. The Bertz CT molecular complexity index is 143. The molecule has 0 aromatic rings. The van der Waals surface area contributed by atoms with Gasteiger partial charge in [0.05, 0.1) is 0 Å². The molecule has 4 heteroatoms. The average molecular weight is 187 g/mol. The van der Waals surface area contributed by atoms with E-state index in [1.807, 2.05) is 7.05 Å². The molecule has 1 rings (SSSR count). The molecule has 0 spiro atoms. The summed E-state index contributed by atoms with van der Waals surface area (Å²) in [6.45, 7) is 0. The Morgan fingerprint density at radius 3 is 2.50 bits per heavy atom. The van der Waals surface area contributed by atoms with Gasteiger partial charge in [-0.1, -0.05) is 19.3 Å². The van der Waals surface area contributed by atoms with Crippen LogP contribution in [-0.2, 0) is 0 Å². The number of thiocarbonyl (C=S) groups is 1. The highest BCUT2D eigenvalue weighted by molar-refractivity contribution is 7.80. The van der Waals surface area contributed by atoms with Gasteiger partial charge in [0.25, 0.3) is 0 Å². The van der Waals surface area contributed by atoms with Gasteiger partial charge in [-0.25, -0.2) is 5.43 Å². The van der Waals surface area contributed by atoms with Crippen LogP contribution in [0.25, 0.3) is 0 Å². The SMILES string of the molecule is CNNC(=S)NC1CCCCC1. The monoisotopic (exact) mass is 187 g/mol. The lowest BCUT2D eigenvalue weighted by Gasteiger charge is -2.24. The van der Waals surface area contributed by atoms with Crippen LogP contribution >= 0.6 is 12.2 Å². The zero-order valence-corrected chi connectivity index (χ0v) is 8.34. The lowest BCUT2D eigenvalue weighted by atomic mass is 9.96. The topological polar surface area (TPSA) is 36.1 Å². The molecule has 1 saturated carbocycles. The van der Waals surface area contributed by atoms with Crippen molar-refractivity contribution in [3.63, 3.8) is 0 Å². The summed E-state index contributed by atoms with van der Waals surface area (Å²) >= 11 is 5.05. The Labute approximate surface area is 79.3 Å². The first kappa shape index (κ1) is 9.74. The van der Waals surface area contributed by atoms with Gasteiger partial charge in [-0.2, -0.15) is 0 Å². The molecule has 0 unspecified atom stereocenters. The highest BCUT2D eigenvalue weighted by Crippen LogP contribution is 2.16. The largest absolute Gasteiger partial charge is 0.359 e. The Morgan fingerprint density at radius 2 is 1.92 bits per heavy atom. The van der Waals surface area contributed by atoms with Gasteiger partial charge < -0.3 is 5.32 Å². The second-order valence-electron chi connectivity index (χ2n) is 3.18. The molecule has 1 fully saturated rings. The van der Waals surface area contributed by atoms with Crippen LogP contribution in [0.15, 0.2) is 0 Å². The van der Waals surface area contributed by atoms with Crippen LogP contribution in [0.4, 0.5) is 0 Å². The van der Waals surface area contributed by atoms with E-state index in [2.05, 4.69) is 16.2 Å². The second-order valence-corrected chi connectivity index (χ2v) is 3.59. The molecule has 0 aromatic carbocycles. The van der Waals surface area contributed by atoms with E-state index >= 15 is 0 Å². The molecule has 0 atom stereocenters.